The van der Waals surface area contributed by atoms with Gasteiger partial charge in [-0.25, -0.2) is 0 Å². The first-order valence-corrected chi connectivity index (χ1v) is 6.89. The number of nitrogens with zero attached hydrogens (tertiary/aromatic N) is 2. The SMILES string of the molecule is Cc1nn(Cc2ccccc2Br)c(C)c1I. The van der Waals surface area contributed by atoms with Crippen LogP contribution in [-0.2, 0) is 6.54 Å². The number of aryl methyl sites for hydroxylation is 1. The van der Waals surface area contributed by atoms with Gasteiger partial charge in [-0.05, 0) is 48.1 Å². The number of benzene rings is 1. The van der Waals surface area contributed by atoms with Gasteiger partial charge in [-0.3, -0.25) is 4.68 Å². The minimum absolute atomic E-state index is 0.817. The van der Waals surface area contributed by atoms with Gasteiger partial charge in [0.1, 0.15) is 0 Å². The molecule has 0 radical (unpaired) electrons. The van der Waals surface area contributed by atoms with Gasteiger partial charge in [0.05, 0.1) is 15.8 Å². The van der Waals surface area contributed by atoms with E-state index in [1.54, 1.807) is 0 Å². The molecule has 0 saturated heterocycles. The van der Waals surface area contributed by atoms with Crippen LogP contribution in [0, 0.1) is 17.4 Å². The summed E-state index contributed by atoms with van der Waals surface area (Å²) < 4.78 is 4.44. The van der Waals surface area contributed by atoms with Gasteiger partial charge < -0.3 is 0 Å². The van der Waals surface area contributed by atoms with Gasteiger partial charge in [-0.1, -0.05) is 34.1 Å². The average molecular weight is 391 g/mol. The van der Waals surface area contributed by atoms with Gasteiger partial charge in [-0.15, -0.1) is 0 Å². The molecule has 4 heteroatoms. The molecular weight excluding hydrogens is 379 g/mol. The maximum atomic E-state index is 4.53. The van der Waals surface area contributed by atoms with Crippen LogP contribution >= 0.6 is 38.5 Å². The van der Waals surface area contributed by atoms with Crippen LogP contribution < -0.4 is 0 Å². The molecular formula is C12H12BrIN2. The Morgan fingerprint density at radius 3 is 2.56 bits per heavy atom. The molecule has 1 heterocycles. The van der Waals surface area contributed by atoms with E-state index in [-0.39, 0.29) is 0 Å². The molecule has 2 aromatic rings. The lowest BCUT2D eigenvalue weighted by molar-refractivity contribution is 0.657. The third-order valence-electron chi connectivity index (χ3n) is 2.57. The highest BCUT2D eigenvalue weighted by molar-refractivity contribution is 14.1. The fourth-order valence-corrected chi connectivity index (χ4v) is 2.41. The summed E-state index contributed by atoms with van der Waals surface area (Å²) in [6.45, 7) is 4.97. The average Bonchev–Trinajstić information content (AvgIpc) is 2.50. The summed E-state index contributed by atoms with van der Waals surface area (Å²) in [5.74, 6) is 0. The van der Waals surface area contributed by atoms with Crippen molar-refractivity contribution in [2.75, 3.05) is 0 Å². The molecule has 2 rings (SSSR count). The van der Waals surface area contributed by atoms with Gasteiger partial charge in [0.25, 0.3) is 0 Å². The van der Waals surface area contributed by atoms with Crippen LogP contribution in [0.15, 0.2) is 28.7 Å². The zero-order chi connectivity index (χ0) is 11.7. The monoisotopic (exact) mass is 390 g/mol. The molecule has 0 atom stereocenters. The van der Waals surface area contributed by atoms with Gasteiger partial charge in [-0.2, -0.15) is 5.10 Å². The minimum atomic E-state index is 0.817. The van der Waals surface area contributed by atoms with Crippen molar-refractivity contribution in [1.82, 2.24) is 9.78 Å². The summed E-state index contributed by atoms with van der Waals surface area (Å²) in [4.78, 5) is 0. The molecule has 0 saturated carbocycles. The van der Waals surface area contributed by atoms with Gasteiger partial charge in [0.15, 0.2) is 0 Å². The van der Waals surface area contributed by atoms with E-state index < -0.39 is 0 Å². The van der Waals surface area contributed by atoms with Crippen molar-refractivity contribution in [3.05, 3.63) is 49.3 Å². The van der Waals surface area contributed by atoms with Crippen LogP contribution in [0.2, 0.25) is 0 Å². The summed E-state index contributed by atoms with van der Waals surface area (Å²) in [7, 11) is 0. The van der Waals surface area contributed by atoms with E-state index in [1.165, 1.54) is 14.8 Å². The number of rotatable bonds is 2. The Labute approximate surface area is 117 Å². The summed E-state index contributed by atoms with van der Waals surface area (Å²) in [6.07, 6.45) is 0. The Morgan fingerprint density at radius 2 is 2.00 bits per heavy atom. The maximum absolute atomic E-state index is 4.53. The van der Waals surface area contributed by atoms with Crippen molar-refractivity contribution in [2.24, 2.45) is 0 Å². The summed E-state index contributed by atoms with van der Waals surface area (Å²) >= 11 is 5.91. The van der Waals surface area contributed by atoms with Crippen molar-refractivity contribution < 1.29 is 0 Å². The molecule has 0 unspecified atom stereocenters. The molecule has 0 aliphatic rings. The smallest absolute Gasteiger partial charge is 0.0730 e. The second-order valence-corrected chi connectivity index (χ2v) is 5.67. The highest BCUT2D eigenvalue weighted by Crippen LogP contribution is 2.20. The van der Waals surface area contributed by atoms with Gasteiger partial charge in [0.2, 0.25) is 0 Å². The standard InChI is InChI=1S/C12H12BrIN2/c1-8-12(14)9(2)16(15-8)7-10-5-3-4-6-11(10)13/h3-6H,7H2,1-2H3. The second-order valence-electron chi connectivity index (χ2n) is 3.73. The van der Waals surface area contributed by atoms with Gasteiger partial charge >= 0.3 is 0 Å². The van der Waals surface area contributed by atoms with Crippen LogP contribution in [0.3, 0.4) is 0 Å². The number of hydrogen-bond donors (Lipinski definition) is 0. The van der Waals surface area contributed by atoms with Crippen molar-refractivity contribution in [3.8, 4) is 0 Å². The van der Waals surface area contributed by atoms with E-state index >= 15 is 0 Å². The van der Waals surface area contributed by atoms with Crippen molar-refractivity contribution >= 4 is 38.5 Å². The molecule has 0 aliphatic carbocycles. The molecule has 16 heavy (non-hydrogen) atoms. The number of hydrogen-bond acceptors (Lipinski definition) is 1. The van der Waals surface area contributed by atoms with E-state index in [4.69, 9.17) is 0 Å². The summed E-state index contributed by atoms with van der Waals surface area (Å²) in [5.41, 5.74) is 3.59. The highest BCUT2D eigenvalue weighted by atomic mass is 127. The number of halogens is 2. The Balaban J connectivity index is 2.34. The summed E-state index contributed by atoms with van der Waals surface area (Å²) in [5, 5.41) is 4.53. The highest BCUT2D eigenvalue weighted by Gasteiger charge is 2.09. The second kappa shape index (κ2) is 4.87. The lowest BCUT2D eigenvalue weighted by atomic mass is 10.2. The normalized spacial score (nSPS) is 10.8. The van der Waals surface area contributed by atoms with E-state index in [2.05, 4.69) is 73.4 Å². The Kier molecular flexibility index (Phi) is 3.69. The topological polar surface area (TPSA) is 17.8 Å². The largest absolute Gasteiger partial charge is 0.264 e. The Bertz CT molecular complexity index is 520. The van der Waals surface area contributed by atoms with Crippen LogP contribution in [0.5, 0.6) is 0 Å². The predicted octanol–water partition coefficient (Wildman–Crippen LogP) is 3.92. The first-order chi connectivity index (χ1) is 7.59. The quantitative estimate of drug-likeness (QED) is 0.710. The van der Waals surface area contributed by atoms with E-state index in [0.717, 1.165) is 16.7 Å². The first kappa shape index (κ1) is 12.1. The molecule has 84 valence electrons. The van der Waals surface area contributed by atoms with Gasteiger partial charge in [0, 0.05) is 10.2 Å². The summed E-state index contributed by atoms with van der Waals surface area (Å²) in [6, 6.07) is 8.26. The van der Waals surface area contributed by atoms with Crippen molar-refractivity contribution in [3.63, 3.8) is 0 Å². The van der Waals surface area contributed by atoms with E-state index in [9.17, 15) is 0 Å². The van der Waals surface area contributed by atoms with Crippen LogP contribution in [0.25, 0.3) is 0 Å². The Morgan fingerprint density at radius 1 is 1.31 bits per heavy atom. The Hall–Kier alpha value is -0.360. The fraction of sp³-hybridized carbons (Fsp3) is 0.250. The van der Waals surface area contributed by atoms with E-state index in [1.807, 2.05) is 13.0 Å². The third-order valence-corrected chi connectivity index (χ3v) is 4.91. The number of aromatic nitrogens is 2. The zero-order valence-electron chi connectivity index (χ0n) is 9.17. The van der Waals surface area contributed by atoms with Crippen molar-refractivity contribution in [1.29, 1.82) is 0 Å². The molecule has 0 bridgehead atoms. The van der Waals surface area contributed by atoms with Crippen LogP contribution in [0.4, 0.5) is 0 Å². The third kappa shape index (κ3) is 2.32. The minimum Gasteiger partial charge on any atom is -0.264 e. The molecule has 1 aromatic heterocycles. The van der Waals surface area contributed by atoms with E-state index in [0.29, 0.717) is 0 Å². The first-order valence-electron chi connectivity index (χ1n) is 5.02. The van der Waals surface area contributed by atoms with Crippen LogP contribution in [0.1, 0.15) is 17.0 Å². The predicted molar refractivity (Wildman–Crippen MR) is 77.7 cm³/mol. The lowest BCUT2D eigenvalue weighted by Crippen LogP contribution is -2.04. The molecule has 0 aliphatic heterocycles. The molecule has 0 fully saturated rings. The molecule has 1 aromatic carbocycles. The maximum Gasteiger partial charge on any atom is 0.0730 e. The zero-order valence-corrected chi connectivity index (χ0v) is 12.9. The molecule has 0 amide bonds. The van der Waals surface area contributed by atoms with Crippen LogP contribution in [-0.4, -0.2) is 9.78 Å². The fourth-order valence-electron chi connectivity index (χ4n) is 1.62. The lowest BCUT2D eigenvalue weighted by Gasteiger charge is -2.06. The molecule has 2 nitrogen and oxygen atoms in total. The van der Waals surface area contributed by atoms with Crippen molar-refractivity contribution in [2.45, 2.75) is 20.4 Å². The molecule has 0 N–H and O–H groups in total. The molecule has 0 spiro atoms.